The van der Waals surface area contributed by atoms with Crippen molar-refractivity contribution >= 4 is 11.4 Å². The molecule has 0 atom stereocenters. The maximum absolute atomic E-state index is 4.26. The summed E-state index contributed by atoms with van der Waals surface area (Å²) in [4.78, 5) is 5.49. The predicted molar refractivity (Wildman–Crippen MR) is 93.0 cm³/mol. The summed E-state index contributed by atoms with van der Waals surface area (Å²) in [6, 6.07) is 18.5. The Morgan fingerprint density at radius 2 is 1.76 bits per heavy atom. The molecule has 0 aliphatic rings. The summed E-state index contributed by atoms with van der Waals surface area (Å²) in [5.74, 6) is 0. The lowest BCUT2D eigenvalue weighted by molar-refractivity contribution is -0.773. The largest absolute Gasteiger partial charge is 1.00 e. The van der Waals surface area contributed by atoms with Gasteiger partial charge in [0, 0.05) is 24.4 Å². The Morgan fingerprint density at radius 1 is 1.08 bits per heavy atom. The van der Waals surface area contributed by atoms with E-state index < -0.39 is 0 Å². The predicted octanol–water partition coefficient (Wildman–Crippen LogP) is 0.203. The van der Waals surface area contributed by atoms with Crippen LogP contribution in [-0.2, 0) is 13.6 Å². The molecule has 0 spiro atoms. The lowest BCUT2D eigenvalue weighted by Gasteiger charge is -2.19. The molecule has 0 unspecified atom stereocenters. The van der Waals surface area contributed by atoms with Crippen LogP contribution in [0, 0.1) is 6.92 Å². The van der Waals surface area contributed by atoms with Gasteiger partial charge in [-0.2, -0.15) is 0 Å². The second-order valence-corrected chi connectivity index (χ2v) is 5.71. The fourth-order valence-electron chi connectivity index (χ4n) is 2.44. The summed E-state index contributed by atoms with van der Waals surface area (Å²) in [5.41, 5.74) is 4.16. The minimum Gasteiger partial charge on any atom is -1.00 e. The average Bonchev–Trinajstić information content (AvgIpc) is 2.92. The van der Waals surface area contributed by atoms with E-state index in [2.05, 4.69) is 63.8 Å². The zero-order valence-corrected chi connectivity index (χ0v) is 15.3. The summed E-state index contributed by atoms with van der Waals surface area (Å²) in [5, 5.41) is 12.6. The Labute approximate surface area is 153 Å². The van der Waals surface area contributed by atoms with Gasteiger partial charge < -0.3 is 17.3 Å². The van der Waals surface area contributed by atoms with E-state index in [0.29, 0.717) is 0 Å². The minimum absolute atomic E-state index is 0. The molecule has 6 nitrogen and oxygen atoms in total. The molecular weight excluding hydrogens is 336 g/mol. The van der Waals surface area contributed by atoms with Gasteiger partial charge in [-0.25, -0.2) is 0 Å². The van der Waals surface area contributed by atoms with E-state index in [4.69, 9.17) is 0 Å². The summed E-state index contributed by atoms with van der Waals surface area (Å²) >= 11 is 0. The highest BCUT2D eigenvalue weighted by Crippen LogP contribution is 2.20. The third-order valence-electron chi connectivity index (χ3n) is 3.80. The van der Waals surface area contributed by atoms with Gasteiger partial charge >= 0.3 is 0 Å². The van der Waals surface area contributed by atoms with Gasteiger partial charge in [0.1, 0.15) is 0 Å². The number of rotatable bonds is 5. The molecule has 0 bridgehead atoms. The number of hydrogen-bond donors (Lipinski definition) is 0. The first-order valence-electron chi connectivity index (χ1n) is 7.81. The molecule has 0 aliphatic heterocycles. The van der Waals surface area contributed by atoms with Crippen LogP contribution in [0.4, 0.5) is 11.4 Å². The molecule has 0 N–H and O–H groups in total. The Bertz CT molecular complexity index is 807. The van der Waals surface area contributed by atoms with E-state index in [1.807, 2.05) is 32.2 Å². The number of nitrogens with zero attached hydrogens (tertiary/aromatic N) is 6. The fraction of sp³-hybridized carbons (Fsp3) is 0.222. The van der Waals surface area contributed by atoms with E-state index in [0.717, 1.165) is 23.6 Å². The van der Waals surface area contributed by atoms with E-state index in [-0.39, 0.29) is 12.4 Å². The van der Waals surface area contributed by atoms with Gasteiger partial charge in [0.15, 0.2) is 17.6 Å². The highest BCUT2D eigenvalue weighted by atomic mass is 35.5. The third kappa shape index (κ3) is 4.64. The normalized spacial score (nSPS) is 10.7. The van der Waals surface area contributed by atoms with Crippen molar-refractivity contribution < 1.29 is 17.2 Å². The maximum atomic E-state index is 4.26. The highest BCUT2D eigenvalue weighted by Gasteiger charge is 2.08. The molecule has 3 rings (SSSR count). The first-order chi connectivity index (χ1) is 11.6. The zero-order valence-electron chi connectivity index (χ0n) is 14.5. The van der Waals surface area contributed by atoms with Crippen molar-refractivity contribution in [1.82, 2.24) is 9.90 Å². The number of halogens is 1. The van der Waals surface area contributed by atoms with Crippen LogP contribution in [0.3, 0.4) is 0 Å². The Kier molecular flexibility index (Phi) is 6.25. The van der Waals surface area contributed by atoms with Gasteiger partial charge in [0.2, 0.25) is 0 Å². The van der Waals surface area contributed by atoms with Crippen LogP contribution < -0.4 is 22.1 Å². The summed E-state index contributed by atoms with van der Waals surface area (Å²) in [7, 11) is 3.91. The Morgan fingerprint density at radius 3 is 2.36 bits per heavy atom. The fourth-order valence-corrected chi connectivity index (χ4v) is 2.44. The smallest absolute Gasteiger partial charge is 0.165 e. The van der Waals surface area contributed by atoms with Crippen LogP contribution in [0.5, 0.6) is 0 Å². The number of anilines is 1. The molecular formula is C18H21ClN6. The standard InChI is InChI=1S/C18H21N6.ClH/c1-15-13-19-23(3)24(15)21-20-17-9-11-18(12-10-17)22(2)14-16-7-5-4-6-8-16;/h4-13H,14H2,1-3H3;1H/q+1;/p-1. The number of hydrogen-bond acceptors (Lipinski definition) is 4. The van der Waals surface area contributed by atoms with E-state index in [9.17, 15) is 0 Å². The van der Waals surface area contributed by atoms with Gasteiger partial charge in [0.05, 0.1) is 12.3 Å². The zero-order chi connectivity index (χ0) is 16.9. The van der Waals surface area contributed by atoms with Crippen molar-refractivity contribution in [3.63, 3.8) is 0 Å². The molecule has 0 amide bonds. The van der Waals surface area contributed by atoms with E-state index in [1.54, 1.807) is 15.8 Å². The number of aromatic nitrogens is 3. The molecule has 130 valence electrons. The van der Waals surface area contributed by atoms with Crippen molar-refractivity contribution in [2.45, 2.75) is 13.5 Å². The molecule has 1 heterocycles. The first-order valence-corrected chi connectivity index (χ1v) is 7.81. The highest BCUT2D eigenvalue weighted by molar-refractivity contribution is 5.52. The molecule has 1 aromatic heterocycles. The molecule has 7 heteroatoms. The van der Waals surface area contributed by atoms with Crippen molar-refractivity contribution in [1.29, 1.82) is 0 Å². The lowest BCUT2D eigenvalue weighted by atomic mass is 10.2. The van der Waals surface area contributed by atoms with Gasteiger partial charge in [-0.3, -0.25) is 0 Å². The van der Waals surface area contributed by atoms with E-state index in [1.165, 1.54) is 5.56 Å². The van der Waals surface area contributed by atoms with Crippen LogP contribution in [-0.4, -0.2) is 16.9 Å². The summed E-state index contributed by atoms with van der Waals surface area (Å²) < 4.78 is 0. The van der Waals surface area contributed by atoms with Crippen molar-refractivity contribution in [3.05, 3.63) is 72.1 Å². The molecule has 3 aromatic rings. The molecule has 0 aliphatic carbocycles. The Hall–Kier alpha value is -2.73. The number of benzene rings is 2. The van der Waals surface area contributed by atoms with Crippen LogP contribution >= 0.6 is 0 Å². The lowest BCUT2D eigenvalue weighted by Crippen LogP contribution is -3.00. The van der Waals surface area contributed by atoms with Crippen LogP contribution in [0.1, 0.15) is 11.3 Å². The van der Waals surface area contributed by atoms with Gasteiger partial charge in [0.25, 0.3) is 0 Å². The molecule has 0 saturated heterocycles. The van der Waals surface area contributed by atoms with Crippen molar-refractivity contribution in [2.24, 2.45) is 17.4 Å². The van der Waals surface area contributed by atoms with Crippen LogP contribution in [0.2, 0.25) is 0 Å². The maximum Gasteiger partial charge on any atom is 0.165 e. The van der Waals surface area contributed by atoms with Crippen molar-refractivity contribution in [2.75, 3.05) is 11.9 Å². The molecule has 0 saturated carbocycles. The first kappa shape index (κ1) is 18.6. The molecule has 2 aromatic carbocycles. The second-order valence-electron chi connectivity index (χ2n) is 5.71. The summed E-state index contributed by atoms with van der Waals surface area (Å²) in [6.07, 6.45) is 1.75. The quantitative estimate of drug-likeness (QED) is 0.484. The van der Waals surface area contributed by atoms with E-state index >= 15 is 0 Å². The summed E-state index contributed by atoms with van der Waals surface area (Å²) in [6.45, 7) is 2.80. The van der Waals surface area contributed by atoms with Gasteiger partial charge in [-0.05, 0) is 46.6 Å². The van der Waals surface area contributed by atoms with Crippen LogP contribution in [0.25, 0.3) is 0 Å². The topological polar surface area (TPSA) is 49.7 Å². The second kappa shape index (κ2) is 8.39. The SMILES string of the molecule is Cc1cnn(C)[n+]1N=Nc1ccc(N(C)Cc2ccccc2)cc1.[Cl-]. The molecule has 25 heavy (non-hydrogen) atoms. The van der Waals surface area contributed by atoms with Gasteiger partial charge in [-0.15, -0.1) is 0 Å². The van der Waals surface area contributed by atoms with Gasteiger partial charge in [-0.1, -0.05) is 35.1 Å². The van der Waals surface area contributed by atoms with Crippen molar-refractivity contribution in [3.8, 4) is 0 Å². The van der Waals surface area contributed by atoms with Crippen LogP contribution in [0.15, 0.2) is 71.1 Å². The Balaban J connectivity index is 0.00000225. The minimum atomic E-state index is 0. The third-order valence-corrected chi connectivity index (χ3v) is 3.80. The molecule has 0 fully saturated rings. The monoisotopic (exact) mass is 356 g/mol. The number of aryl methyl sites for hydroxylation is 2. The average molecular weight is 357 g/mol. The molecule has 0 radical (unpaired) electrons.